The van der Waals surface area contributed by atoms with Crippen molar-refractivity contribution in [3.63, 3.8) is 0 Å². The zero-order valence-corrected chi connectivity index (χ0v) is 9.99. The summed E-state index contributed by atoms with van der Waals surface area (Å²) in [4.78, 5) is 10.8. The molecule has 6 nitrogen and oxygen atoms in total. The molecular formula is C9H13F3N4O2. The van der Waals surface area contributed by atoms with Crippen molar-refractivity contribution >= 4 is 5.91 Å². The molecule has 0 aromatic carbocycles. The highest BCUT2D eigenvalue weighted by atomic mass is 19.4. The lowest BCUT2D eigenvalue weighted by Crippen LogP contribution is -2.41. The van der Waals surface area contributed by atoms with Crippen molar-refractivity contribution in [2.24, 2.45) is 0 Å². The summed E-state index contributed by atoms with van der Waals surface area (Å²) in [6, 6.07) is 0. The second-order valence-corrected chi connectivity index (χ2v) is 4.29. The van der Waals surface area contributed by atoms with E-state index in [-0.39, 0.29) is 5.69 Å². The molecule has 18 heavy (non-hydrogen) atoms. The first-order chi connectivity index (χ1) is 8.01. The Balaban J connectivity index is 3.07. The first-order valence-electron chi connectivity index (χ1n) is 5.00. The predicted molar refractivity (Wildman–Crippen MR) is 54.2 cm³/mol. The maximum atomic E-state index is 12.7. The first-order valence-corrected chi connectivity index (χ1v) is 5.00. The van der Waals surface area contributed by atoms with Gasteiger partial charge in [-0.05, 0) is 13.8 Å². The molecular weight excluding hydrogens is 253 g/mol. The van der Waals surface area contributed by atoms with Crippen molar-refractivity contribution < 1.29 is 23.1 Å². The number of aromatic nitrogens is 3. The molecule has 0 aliphatic rings. The molecule has 1 amide bonds. The Morgan fingerprint density at radius 3 is 2.39 bits per heavy atom. The molecule has 0 radical (unpaired) electrons. The van der Waals surface area contributed by atoms with Crippen molar-refractivity contribution in [1.82, 2.24) is 20.3 Å². The van der Waals surface area contributed by atoms with Gasteiger partial charge in [-0.15, -0.1) is 5.10 Å². The van der Waals surface area contributed by atoms with E-state index >= 15 is 0 Å². The molecule has 1 atom stereocenters. The van der Waals surface area contributed by atoms with Crippen LogP contribution in [0, 0.1) is 0 Å². The summed E-state index contributed by atoms with van der Waals surface area (Å²) in [7, 11) is 0. The van der Waals surface area contributed by atoms with Crippen LogP contribution in [0.15, 0.2) is 6.20 Å². The van der Waals surface area contributed by atoms with Gasteiger partial charge in [-0.1, -0.05) is 5.21 Å². The van der Waals surface area contributed by atoms with E-state index in [0.29, 0.717) is 4.68 Å². The smallest absolute Gasteiger partial charge is 0.384 e. The molecule has 1 aromatic rings. The zero-order valence-electron chi connectivity index (χ0n) is 9.99. The number of carbonyl (C=O) groups excluding carboxylic acids is 1. The van der Waals surface area contributed by atoms with Crippen LogP contribution in [-0.4, -0.2) is 32.2 Å². The summed E-state index contributed by atoms with van der Waals surface area (Å²) in [5, 5.41) is 18.0. The summed E-state index contributed by atoms with van der Waals surface area (Å²) < 4.78 is 38.6. The molecule has 1 aromatic heterocycles. The van der Waals surface area contributed by atoms with Crippen molar-refractivity contribution in [3.05, 3.63) is 11.9 Å². The number of carbonyl (C=O) groups is 1. The average Bonchev–Trinajstić information content (AvgIpc) is 2.59. The SMILES string of the molecule is CC(=O)NC(n1cc(C(C)(C)O)nn1)C(F)(F)F. The van der Waals surface area contributed by atoms with Crippen LogP contribution in [0.3, 0.4) is 0 Å². The second kappa shape index (κ2) is 4.56. The van der Waals surface area contributed by atoms with E-state index in [9.17, 15) is 23.1 Å². The largest absolute Gasteiger partial charge is 0.429 e. The lowest BCUT2D eigenvalue weighted by atomic mass is 10.1. The average molecular weight is 266 g/mol. The first kappa shape index (κ1) is 14.4. The van der Waals surface area contributed by atoms with Crippen LogP contribution in [0.25, 0.3) is 0 Å². The van der Waals surface area contributed by atoms with Crippen molar-refractivity contribution in [3.8, 4) is 0 Å². The lowest BCUT2D eigenvalue weighted by molar-refractivity contribution is -0.181. The fourth-order valence-electron chi connectivity index (χ4n) is 1.17. The third-order valence-corrected chi connectivity index (χ3v) is 2.05. The number of aliphatic hydroxyl groups is 1. The van der Waals surface area contributed by atoms with Gasteiger partial charge in [0.25, 0.3) is 0 Å². The van der Waals surface area contributed by atoms with E-state index < -0.39 is 23.9 Å². The number of amides is 1. The van der Waals surface area contributed by atoms with Crippen molar-refractivity contribution in [2.45, 2.75) is 38.7 Å². The van der Waals surface area contributed by atoms with Crippen LogP contribution >= 0.6 is 0 Å². The Kier molecular flexibility index (Phi) is 3.65. The van der Waals surface area contributed by atoms with E-state index in [2.05, 4.69) is 10.3 Å². The van der Waals surface area contributed by atoms with Gasteiger partial charge in [0, 0.05) is 6.92 Å². The van der Waals surface area contributed by atoms with Gasteiger partial charge in [-0.2, -0.15) is 13.2 Å². The maximum absolute atomic E-state index is 12.7. The highest BCUT2D eigenvalue weighted by molar-refractivity contribution is 5.73. The van der Waals surface area contributed by atoms with Crippen LogP contribution in [0.4, 0.5) is 13.2 Å². The van der Waals surface area contributed by atoms with Gasteiger partial charge < -0.3 is 10.4 Å². The third kappa shape index (κ3) is 3.42. The second-order valence-electron chi connectivity index (χ2n) is 4.29. The minimum atomic E-state index is -4.71. The molecule has 1 unspecified atom stereocenters. The maximum Gasteiger partial charge on any atom is 0.429 e. The molecule has 0 spiro atoms. The quantitative estimate of drug-likeness (QED) is 0.844. The fraction of sp³-hybridized carbons (Fsp3) is 0.667. The minimum absolute atomic E-state index is 0.0258. The van der Waals surface area contributed by atoms with Crippen LogP contribution in [-0.2, 0) is 10.4 Å². The van der Waals surface area contributed by atoms with Crippen LogP contribution in [0.1, 0.15) is 32.6 Å². The number of hydrogen-bond donors (Lipinski definition) is 2. The number of hydrogen-bond acceptors (Lipinski definition) is 4. The molecule has 9 heteroatoms. The highest BCUT2D eigenvalue weighted by Gasteiger charge is 2.43. The van der Waals surface area contributed by atoms with Gasteiger partial charge in [0.1, 0.15) is 11.3 Å². The molecule has 102 valence electrons. The molecule has 0 aliphatic heterocycles. The topological polar surface area (TPSA) is 80.0 Å². The predicted octanol–water partition coefficient (Wildman–Crippen LogP) is 0.702. The molecule has 0 fully saturated rings. The lowest BCUT2D eigenvalue weighted by Gasteiger charge is -2.20. The molecule has 1 rings (SSSR count). The zero-order chi connectivity index (χ0) is 14.1. The van der Waals surface area contributed by atoms with E-state index in [4.69, 9.17) is 0 Å². The van der Waals surface area contributed by atoms with Gasteiger partial charge in [0.2, 0.25) is 12.1 Å². The number of alkyl halides is 3. The Labute approximate surface area is 101 Å². The Bertz CT molecular complexity index is 436. The number of rotatable bonds is 3. The molecule has 0 saturated carbocycles. The Morgan fingerprint density at radius 1 is 1.50 bits per heavy atom. The van der Waals surface area contributed by atoms with Gasteiger partial charge in [0.05, 0.1) is 6.20 Å². The van der Waals surface area contributed by atoms with Gasteiger partial charge >= 0.3 is 6.18 Å². The van der Waals surface area contributed by atoms with Crippen molar-refractivity contribution in [1.29, 1.82) is 0 Å². The van der Waals surface area contributed by atoms with E-state index in [1.807, 2.05) is 0 Å². The third-order valence-electron chi connectivity index (χ3n) is 2.05. The van der Waals surface area contributed by atoms with Gasteiger partial charge in [-0.25, -0.2) is 4.68 Å². The standard InChI is InChI=1S/C9H13F3N4O2/c1-5(17)13-7(9(10,11)12)16-4-6(14-15-16)8(2,3)18/h4,7,18H,1-3H3,(H,13,17). The number of nitrogens with zero attached hydrogens (tertiary/aromatic N) is 3. The van der Waals surface area contributed by atoms with E-state index in [1.54, 1.807) is 5.32 Å². The Morgan fingerprint density at radius 2 is 2.06 bits per heavy atom. The number of halogens is 3. The number of nitrogens with one attached hydrogen (secondary N) is 1. The van der Waals surface area contributed by atoms with E-state index in [0.717, 1.165) is 13.1 Å². The molecule has 0 saturated heterocycles. The Hall–Kier alpha value is -1.64. The summed E-state index contributed by atoms with van der Waals surface area (Å²) in [6.07, 6.45) is -6.08. The molecule has 2 N–H and O–H groups in total. The van der Waals surface area contributed by atoms with Gasteiger partial charge in [0.15, 0.2) is 0 Å². The molecule has 0 aliphatic carbocycles. The fourth-order valence-corrected chi connectivity index (χ4v) is 1.17. The summed E-state index contributed by atoms with van der Waals surface area (Å²) >= 11 is 0. The minimum Gasteiger partial charge on any atom is -0.384 e. The normalized spacial score (nSPS) is 14.4. The summed E-state index contributed by atoms with van der Waals surface area (Å²) in [5.74, 6) is -0.849. The molecule has 0 bridgehead atoms. The van der Waals surface area contributed by atoms with Gasteiger partial charge in [-0.3, -0.25) is 4.79 Å². The summed E-state index contributed by atoms with van der Waals surface area (Å²) in [6.45, 7) is 3.69. The van der Waals surface area contributed by atoms with Crippen LogP contribution < -0.4 is 5.32 Å². The highest BCUT2D eigenvalue weighted by Crippen LogP contribution is 2.28. The monoisotopic (exact) mass is 266 g/mol. The van der Waals surface area contributed by atoms with Crippen molar-refractivity contribution in [2.75, 3.05) is 0 Å². The molecule has 1 heterocycles. The van der Waals surface area contributed by atoms with Crippen LogP contribution in [0.5, 0.6) is 0 Å². The van der Waals surface area contributed by atoms with E-state index in [1.165, 1.54) is 13.8 Å². The van der Waals surface area contributed by atoms with Crippen LogP contribution in [0.2, 0.25) is 0 Å². The summed E-state index contributed by atoms with van der Waals surface area (Å²) in [5.41, 5.74) is -1.44.